The number of halogens is 2. The van der Waals surface area contributed by atoms with Gasteiger partial charge in [-0.05, 0) is 30.2 Å². The van der Waals surface area contributed by atoms with Gasteiger partial charge in [0.15, 0.2) is 0 Å². The van der Waals surface area contributed by atoms with Crippen molar-refractivity contribution in [2.45, 2.75) is 6.92 Å². The molecule has 0 amide bonds. The fourth-order valence-electron chi connectivity index (χ4n) is 1.49. The molecule has 0 atom stereocenters. The fraction of sp³-hybridized carbons (Fsp3) is 0.0833. The Kier molecular flexibility index (Phi) is 2.94. The molecule has 2 aromatic rings. The van der Waals surface area contributed by atoms with Crippen LogP contribution in [0.5, 0.6) is 0 Å². The lowest BCUT2D eigenvalue weighted by molar-refractivity contribution is 1.27. The molecular formula is C12H9Cl2N. The van der Waals surface area contributed by atoms with Crippen LogP contribution in [0.15, 0.2) is 36.7 Å². The maximum absolute atomic E-state index is 6.15. The third kappa shape index (κ3) is 1.99. The predicted molar refractivity (Wildman–Crippen MR) is 64.4 cm³/mol. The molecule has 0 fully saturated rings. The number of rotatable bonds is 1. The van der Waals surface area contributed by atoms with Crippen LogP contribution in [0, 0.1) is 6.92 Å². The lowest BCUT2D eigenvalue weighted by Crippen LogP contribution is -1.85. The van der Waals surface area contributed by atoms with Gasteiger partial charge in [0.05, 0.1) is 10.0 Å². The summed E-state index contributed by atoms with van der Waals surface area (Å²) in [4.78, 5) is 4.05. The van der Waals surface area contributed by atoms with Gasteiger partial charge in [0.25, 0.3) is 0 Å². The molecule has 0 N–H and O–H groups in total. The van der Waals surface area contributed by atoms with Crippen LogP contribution in [0.1, 0.15) is 5.56 Å². The highest BCUT2D eigenvalue weighted by Crippen LogP contribution is 2.34. The Labute approximate surface area is 98.7 Å². The molecule has 0 saturated heterocycles. The Hall–Kier alpha value is -1.05. The van der Waals surface area contributed by atoms with Crippen molar-refractivity contribution in [1.82, 2.24) is 4.98 Å². The quantitative estimate of drug-likeness (QED) is 0.719. The van der Waals surface area contributed by atoms with Gasteiger partial charge < -0.3 is 0 Å². The minimum atomic E-state index is 0.574. The van der Waals surface area contributed by atoms with Crippen molar-refractivity contribution >= 4 is 23.2 Å². The van der Waals surface area contributed by atoms with Gasteiger partial charge in [0.1, 0.15) is 0 Å². The standard InChI is InChI=1S/C12H9Cl2N/c1-8-7-15-6-5-9(8)10-3-2-4-11(13)12(10)14/h2-7H,1H3. The van der Waals surface area contributed by atoms with Crippen LogP contribution in [0.4, 0.5) is 0 Å². The molecule has 1 aromatic heterocycles. The molecule has 3 heteroatoms. The summed E-state index contributed by atoms with van der Waals surface area (Å²) in [5, 5.41) is 1.17. The van der Waals surface area contributed by atoms with Gasteiger partial charge in [0, 0.05) is 18.0 Å². The number of hydrogen-bond donors (Lipinski definition) is 0. The van der Waals surface area contributed by atoms with E-state index in [0.29, 0.717) is 10.0 Å². The molecule has 0 unspecified atom stereocenters. The first-order chi connectivity index (χ1) is 7.20. The highest BCUT2D eigenvalue weighted by molar-refractivity contribution is 6.43. The van der Waals surface area contributed by atoms with Gasteiger partial charge in [-0.15, -0.1) is 0 Å². The number of aromatic nitrogens is 1. The normalized spacial score (nSPS) is 10.3. The minimum absolute atomic E-state index is 0.574. The smallest absolute Gasteiger partial charge is 0.0670 e. The zero-order valence-corrected chi connectivity index (χ0v) is 9.68. The van der Waals surface area contributed by atoms with E-state index >= 15 is 0 Å². The van der Waals surface area contributed by atoms with Crippen molar-refractivity contribution in [3.05, 3.63) is 52.3 Å². The van der Waals surface area contributed by atoms with Gasteiger partial charge in [-0.3, -0.25) is 4.98 Å². The van der Waals surface area contributed by atoms with E-state index in [4.69, 9.17) is 23.2 Å². The summed E-state index contributed by atoms with van der Waals surface area (Å²) < 4.78 is 0. The molecule has 0 aliphatic rings. The molecule has 1 heterocycles. The van der Waals surface area contributed by atoms with Crippen LogP contribution in [-0.2, 0) is 0 Å². The van der Waals surface area contributed by atoms with Crippen molar-refractivity contribution in [2.24, 2.45) is 0 Å². The zero-order chi connectivity index (χ0) is 10.8. The number of aryl methyl sites for hydroxylation is 1. The number of nitrogens with zero attached hydrogens (tertiary/aromatic N) is 1. The number of benzene rings is 1. The summed E-state index contributed by atoms with van der Waals surface area (Å²) in [6, 6.07) is 7.57. The van der Waals surface area contributed by atoms with Crippen LogP contribution in [0.2, 0.25) is 10.0 Å². The highest BCUT2D eigenvalue weighted by Gasteiger charge is 2.08. The van der Waals surface area contributed by atoms with Gasteiger partial charge in [-0.1, -0.05) is 35.3 Å². The summed E-state index contributed by atoms with van der Waals surface area (Å²) in [6.45, 7) is 2.00. The maximum atomic E-state index is 6.15. The van der Waals surface area contributed by atoms with Crippen molar-refractivity contribution in [3.63, 3.8) is 0 Å². The first-order valence-corrected chi connectivity index (χ1v) is 5.30. The van der Waals surface area contributed by atoms with Crippen LogP contribution >= 0.6 is 23.2 Å². The molecule has 1 aromatic carbocycles. The molecule has 0 aliphatic carbocycles. The highest BCUT2D eigenvalue weighted by atomic mass is 35.5. The van der Waals surface area contributed by atoms with E-state index in [9.17, 15) is 0 Å². The van der Waals surface area contributed by atoms with E-state index in [1.807, 2.05) is 31.3 Å². The summed E-state index contributed by atoms with van der Waals surface area (Å²) in [5.41, 5.74) is 3.10. The average molecular weight is 238 g/mol. The largest absolute Gasteiger partial charge is 0.264 e. The van der Waals surface area contributed by atoms with E-state index in [1.54, 1.807) is 12.3 Å². The monoisotopic (exact) mass is 237 g/mol. The third-order valence-corrected chi connectivity index (χ3v) is 3.08. The molecule has 15 heavy (non-hydrogen) atoms. The molecule has 0 aliphatic heterocycles. The molecule has 76 valence electrons. The number of hydrogen-bond acceptors (Lipinski definition) is 1. The molecule has 0 saturated carbocycles. The third-order valence-electron chi connectivity index (χ3n) is 2.26. The van der Waals surface area contributed by atoms with Crippen molar-refractivity contribution in [2.75, 3.05) is 0 Å². The zero-order valence-electron chi connectivity index (χ0n) is 8.17. The van der Waals surface area contributed by atoms with Crippen LogP contribution < -0.4 is 0 Å². The SMILES string of the molecule is Cc1cnccc1-c1cccc(Cl)c1Cl. The van der Waals surface area contributed by atoms with Gasteiger partial charge >= 0.3 is 0 Å². The number of pyridine rings is 1. The summed E-state index contributed by atoms with van der Waals surface area (Å²) in [5.74, 6) is 0. The molecule has 2 rings (SSSR count). The lowest BCUT2D eigenvalue weighted by Gasteiger charge is -2.08. The van der Waals surface area contributed by atoms with Gasteiger partial charge in [-0.2, -0.15) is 0 Å². The van der Waals surface area contributed by atoms with E-state index < -0.39 is 0 Å². The molecule has 0 spiro atoms. The first-order valence-electron chi connectivity index (χ1n) is 4.55. The Balaban J connectivity index is 2.65. The summed E-state index contributed by atoms with van der Waals surface area (Å²) in [7, 11) is 0. The first kappa shape index (κ1) is 10.5. The van der Waals surface area contributed by atoms with E-state index in [-0.39, 0.29) is 0 Å². The second kappa shape index (κ2) is 4.21. The minimum Gasteiger partial charge on any atom is -0.264 e. The second-order valence-corrected chi connectivity index (χ2v) is 4.08. The van der Waals surface area contributed by atoms with E-state index in [1.165, 1.54) is 0 Å². The molecule has 0 radical (unpaired) electrons. The van der Waals surface area contributed by atoms with Crippen LogP contribution in [0.3, 0.4) is 0 Å². The Morgan fingerprint density at radius 3 is 2.60 bits per heavy atom. The maximum Gasteiger partial charge on any atom is 0.0670 e. The average Bonchev–Trinajstić information content (AvgIpc) is 2.23. The van der Waals surface area contributed by atoms with Crippen molar-refractivity contribution in [3.8, 4) is 11.1 Å². The molecular weight excluding hydrogens is 229 g/mol. The van der Waals surface area contributed by atoms with E-state index in [2.05, 4.69) is 4.98 Å². The lowest BCUT2D eigenvalue weighted by atomic mass is 10.0. The van der Waals surface area contributed by atoms with Gasteiger partial charge in [-0.25, -0.2) is 0 Å². The Bertz CT molecular complexity index is 495. The fourth-order valence-corrected chi connectivity index (χ4v) is 1.89. The van der Waals surface area contributed by atoms with Crippen LogP contribution in [0.25, 0.3) is 11.1 Å². The summed E-state index contributed by atoms with van der Waals surface area (Å²) in [6.07, 6.45) is 3.56. The Morgan fingerprint density at radius 2 is 1.87 bits per heavy atom. The molecule has 1 nitrogen and oxygen atoms in total. The van der Waals surface area contributed by atoms with Crippen molar-refractivity contribution < 1.29 is 0 Å². The van der Waals surface area contributed by atoms with Crippen molar-refractivity contribution in [1.29, 1.82) is 0 Å². The van der Waals surface area contributed by atoms with E-state index in [0.717, 1.165) is 16.7 Å². The molecule has 0 bridgehead atoms. The summed E-state index contributed by atoms with van der Waals surface area (Å²) >= 11 is 12.1. The Morgan fingerprint density at radius 1 is 1.07 bits per heavy atom. The second-order valence-electron chi connectivity index (χ2n) is 3.29. The van der Waals surface area contributed by atoms with Gasteiger partial charge in [0.2, 0.25) is 0 Å². The predicted octanol–water partition coefficient (Wildman–Crippen LogP) is 4.36. The van der Waals surface area contributed by atoms with Crippen LogP contribution in [-0.4, -0.2) is 4.98 Å². The topological polar surface area (TPSA) is 12.9 Å².